The Bertz CT molecular complexity index is 662. The maximum atomic E-state index is 12.5. The van der Waals surface area contributed by atoms with Crippen LogP contribution in [0.5, 0.6) is 0 Å². The van der Waals surface area contributed by atoms with Gasteiger partial charge in [-0.3, -0.25) is 14.5 Å². The molecule has 24 heavy (non-hydrogen) atoms. The minimum absolute atomic E-state index is 0.0139. The number of carbonyl (C=O) groups is 2. The van der Waals surface area contributed by atoms with Crippen molar-refractivity contribution < 1.29 is 9.59 Å². The lowest BCUT2D eigenvalue weighted by Gasteiger charge is -2.32. The minimum Gasteiger partial charge on any atom is -0.354 e. The van der Waals surface area contributed by atoms with Gasteiger partial charge in [-0.25, -0.2) is 4.68 Å². The fourth-order valence-corrected chi connectivity index (χ4v) is 3.50. The van der Waals surface area contributed by atoms with E-state index in [4.69, 9.17) is 0 Å². The first-order valence-electron chi connectivity index (χ1n) is 8.88. The van der Waals surface area contributed by atoms with E-state index in [1.54, 1.807) is 11.8 Å². The number of fused-ring (bicyclic) bond motifs is 1. The van der Waals surface area contributed by atoms with Gasteiger partial charge in [-0.05, 0) is 46.0 Å². The molecule has 0 fully saturated rings. The van der Waals surface area contributed by atoms with E-state index < -0.39 is 6.04 Å². The summed E-state index contributed by atoms with van der Waals surface area (Å²) in [5, 5.41) is 7.37. The summed E-state index contributed by atoms with van der Waals surface area (Å²) >= 11 is 0. The van der Waals surface area contributed by atoms with E-state index in [-0.39, 0.29) is 11.8 Å². The lowest BCUT2D eigenvalue weighted by atomic mass is 9.97. The monoisotopic (exact) mass is 330 g/mol. The van der Waals surface area contributed by atoms with Crippen molar-refractivity contribution in [2.75, 3.05) is 11.4 Å². The highest BCUT2D eigenvalue weighted by molar-refractivity contribution is 6.00. The second-order valence-corrected chi connectivity index (χ2v) is 6.71. The zero-order valence-electron chi connectivity index (χ0n) is 14.5. The summed E-state index contributed by atoms with van der Waals surface area (Å²) in [5.41, 5.74) is 2.30. The van der Waals surface area contributed by atoms with E-state index in [9.17, 15) is 9.59 Å². The van der Waals surface area contributed by atoms with E-state index in [0.29, 0.717) is 19.5 Å². The maximum absolute atomic E-state index is 12.5. The Kier molecular flexibility index (Phi) is 5.02. The van der Waals surface area contributed by atoms with E-state index >= 15 is 0 Å². The van der Waals surface area contributed by atoms with E-state index in [2.05, 4.69) is 16.5 Å². The maximum Gasteiger partial charge on any atom is 0.242 e. The lowest BCUT2D eigenvalue weighted by molar-refractivity contribution is -0.126. The number of carbonyl (C=O) groups excluding carboxylic acids is 2. The van der Waals surface area contributed by atoms with Gasteiger partial charge in [0.2, 0.25) is 11.8 Å². The number of nitrogens with one attached hydrogen (secondary N) is 1. The van der Waals surface area contributed by atoms with Crippen molar-refractivity contribution in [3.05, 3.63) is 23.4 Å². The van der Waals surface area contributed by atoms with Crippen LogP contribution in [-0.2, 0) is 16.1 Å². The Morgan fingerprint density at radius 3 is 2.96 bits per heavy atom. The summed E-state index contributed by atoms with van der Waals surface area (Å²) in [6.07, 6.45) is 8.43. The number of aryl methyl sites for hydroxylation is 2. The van der Waals surface area contributed by atoms with Crippen molar-refractivity contribution in [3.63, 3.8) is 0 Å². The molecule has 6 heteroatoms. The third-order valence-corrected chi connectivity index (χ3v) is 4.83. The van der Waals surface area contributed by atoms with Crippen molar-refractivity contribution in [1.82, 2.24) is 15.1 Å². The number of hydrogen-bond acceptors (Lipinski definition) is 3. The Balaban J connectivity index is 1.60. The van der Waals surface area contributed by atoms with E-state index in [1.165, 1.54) is 18.4 Å². The third kappa shape index (κ3) is 3.52. The first-order valence-corrected chi connectivity index (χ1v) is 8.88. The molecule has 2 heterocycles. The normalized spacial score (nSPS) is 18.8. The number of anilines is 1. The molecule has 0 spiro atoms. The predicted molar refractivity (Wildman–Crippen MR) is 92.7 cm³/mol. The van der Waals surface area contributed by atoms with Crippen molar-refractivity contribution in [2.45, 2.75) is 65.0 Å². The van der Waals surface area contributed by atoms with Crippen molar-refractivity contribution >= 4 is 17.6 Å². The molecular weight excluding hydrogens is 304 g/mol. The first-order chi connectivity index (χ1) is 11.6. The van der Waals surface area contributed by atoms with Crippen LogP contribution in [0.2, 0.25) is 0 Å². The highest BCUT2D eigenvalue weighted by atomic mass is 16.2. The number of hydrogen-bond donors (Lipinski definition) is 1. The summed E-state index contributed by atoms with van der Waals surface area (Å²) in [7, 11) is 0. The Morgan fingerprint density at radius 1 is 1.38 bits per heavy atom. The fraction of sp³-hybridized carbons (Fsp3) is 0.611. The summed E-state index contributed by atoms with van der Waals surface area (Å²) < 4.78 is 1.81. The van der Waals surface area contributed by atoms with Crippen LogP contribution >= 0.6 is 0 Å². The zero-order valence-corrected chi connectivity index (χ0v) is 14.5. The average Bonchev–Trinajstić information content (AvgIpc) is 2.95. The van der Waals surface area contributed by atoms with Gasteiger partial charge >= 0.3 is 0 Å². The summed E-state index contributed by atoms with van der Waals surface area (Å²) in [5.74, 6) is 0.605. The zero-order chi connectivity index (χ0) is 17.1. The molecule has 1 aromatic heterocycles. The molecule has 0 saturated heterocycles. The van der Waals surface area contributed by atoms with Gasteiger partial charge in [0.25, 0.3) is 0 Å². The van der Waals surface area contributed by atoms with Gasteiger partial charge in [0.05, 0.1) is 12.2 Å². The summed E-state index contributed by atoms with van der Waals surface area (Å²) in [6.45, 7) is 4.90. The van der Waals surface area contributed by atoms with Gasteiger partial charge in [0, 0.05) is 19.0 Å². The highest BCUT2D eigenvalue weighted by Crippen LogP contribution is 2.25. The number of rotatable bonds is 5. The van der Waals surface area contributed by atoms with Crippen molar-refractivity contribution in [3.8, 4) is 0 Å². The van der Waals surface area contributed by atoms with Gasteiger partial charge in [-0.2, -0.15) is 5.10 Å². The molecular formula is C18H26N4O2. The fourth-order valence-electron chi connectivity index (χ4n) is 3.50. The van der Waals surface area contributed by atoms with E-state index in [0.717, 1.165) is 30.8 Å². The Hall–Kier alpha value is -2.11. The van der Waals surface area contributed by atoms with Crippen LogP contribution in [0, 0.1) is 6.92 Å². The van der Waals surface area contributed by atoms with Crippen LogP contribution in [0.3, 0.4) is 0 Å². The molecule has 0 radical (unpaired) electrons. The van der Waals surface area contributed by atoms with Crippen LogP contribution in [0.1, 0.15) is 51.1 Å². The second-order valence-electron chi connectivity index (χ2n) is 6.71. The predicted octanol–water partition coefficient (Wildman–Crippen LogP) is 2.32. The van der Waals surface area contributed by atoms with Crippen molar-refractivity contribution in [1.29, 1.82) is 0 Å². The summed E-state index contributed by atoms with van der Waals surface area (Å²) in [6, 6.07) is 1.35. The molecule has 1 aromatic rings. The smallest absolute Gasteiger partial charge is 0.242 e. The minimum atomic E-state index is -0.520. The summed E-state index contributed by atoms with van der Waals surface area (Å²) in [4.78, 5) is 26.4. The highest BCUT2D eigenvalue weighted by Gasteiger charge is 2.32. The van der Waals surface area contributed by atoms with Crippen molar-refractivity contribution in [2.24, 2.45) is 0 Å². The van der Waals surface area contributed by atoms with Gasteiger partial charge < -0.3 is 5.32 Å². The van der Waals surface area contributed by atoms with E-state index in [1.807, 2.05) is 17.7 Å². The van der Waals surface area contributed by atoms with Crippen LogP contribution in [-0.4, -0.2) is 34.2 Å². The number of nitrogens with zero attached hydrogens (tertiary/aromatic N) is 3. The average molecular weight is 330 g/mol. The molecule has 1 atom stereocenters. The molecule has 1 aliphatic heterocycles. The molecule has 130 valence electrons. The first kappa shape index (κ1) is 16.7. The standard InChI is InChI=1S/C18H26N4O2/c1-13-12-16-21(20-13)11-9-17(23)22(16)14(2)18(24)19-10-8-15-6-4-3-5-7-15/h6,12,14H,3-5,7-11H2,1-2H3,(H,19,24)/t14-/m0/s1. The molecule has 0 bridgehead atoms. The third-order valence-electron chi connectivity index (χ3n) is 4.83. The number of amides is 2. The molecule has 3 rings (SSSR count). The Labute approximate surface area is 142 Å². The number of allylic oxidation sites excluding steroid dienone is 1. The van der Waals surface area contributed by atoms with Gasteiger partial charge in [0.1, 0.15) is 11.9 Å². The lowest BCUT2D eigenvalue weighted by Crippen LogP contribution is -2.51. The molecule has 6 nitrogen and oxygen atoms in total. The Morgan fingerprint density at radius 2 is 2.21 bits per heavy atom. The molecule has 0 unspecified atom stereocenters. The molecule has 0 saturated carbocycles. The quantitative estimate of drug-likeness (QED) is 0.843. The largest absolute Gasteiger partial charge is 0.354 e. The topological polar surface area (TPSA) is 67.2 Å². The van der Waals surface area contributed by atoms with Gasteiger partial charge in [-0.15, -0.1) is 0 Å². The molecule has 1 N–H and O–H groups in total. The SMILES string of the molecule is Cc1cc2n(n1)CCC(=O)N2[C@@H](C)C(=O)NCCC1=CCCCC1. The molecule has 1 aliphatic carbocycles. The molecule has 2 aliphatic rings. The second kappa shape index (κ2) is 7.20. The molecule has 0 aromatic carbocycles. The molecule has 2 amide bonds. The van der Waals surface area contributed by atoms with Crippen LogP contribution < -0.4 is 10.2 Å². The van der Waals surface area contributed by atoms with Gasteiger partial charge in [0.15, 0.2) is 0 Å². The number of aromatic nitrogens is 2. The van der Waals surface area contributed by atoms with Crippen LogP contribution in [0.15, 0.2) is 17.7 Å². The van der Waals surface area contributed by atoms with Crippen LogP contribution in [0.25, 0.3) is 0 Å². The van der Waals surface area contributed by atoms with Gasteiger partial charge in [-0.1, -0.05) is 11.6 Å². The van der Waals surface area contributed by atoms with Crippen LogP contribution in [0.4, 0.5) is 5.82 Å².